The van der Waals surface area contributed by atoms with E-state index in [2.05, 4.69) is 39.3 Å². The molecule has 2 saturated heterocycles. The average molecular weight is 396 g/mol. The van der Waals surface area contributed by atoms with Crippen LogP contribution in [0.2, 0.25) is 0 Å². The Morgan fingerprint density at radius 2 is 1.79 bits per heavy atom. The molecule has 0 aromatic carbocycles. The maximum absolute atomic E-state index is 11.6. The van der Waals surface area contributed by atoms with Crippen LogP contribution in [0, 0.1) is 11.8 Å². The largest absolute Gasteiger partial charge is 0.379 e. The summed E-state index contributed by atoms with van der Waals surface area (Å²) in [5, 5.41) is 6.41. The number of morpholine rings is 1. The monoisotopic (exact) mass is 395 g/mol. The van der Waals surface area contributed by atoms with E-state index in [4.69, 9.17) is 4.74 Å². The van der Waals surface area contributed by atoms with Crippen LogP contribution in [0.4, 0.5) is 0 Å². The van der Waals surface area contributed by atoms with Gasteiger partial charge in [0, 0.05) is 59.3 Å². The van der Waals surface area contributed by atoms with Gasteiger partial charge in [0.05, 0.1) is 13.2 Å². The molecule has 7 heteroatoms. The van der Waals surface area contributed by atoms with E-state index in [0.29, 0.717) is 24.3 Å². The Morgan fingerprint density at radius 3 is 2.32 bits per heavy atom. The number of amides is 1. The van der Waals surface area contributed by atoms with Crippen LogP contribution < -0.4 is 10.6 Å². The van der Waals surface area contributed by atoms with Crippen molar-refractivity contribution in [3.8, 4) is 0 Å². The van der Waals surface area contributed by atoms with Crippen LogP contribution in [0.5, 0.6) is 0 Å². The molecule has 28 heavy (non-hydrogen) atoms. The molecule has 2 N–H and O–H groups in total. The van der Waals surface area contributed by atoms with Gasteiger partial charge in [0.1, 0.15) is 0 Å². The zero-order valence-corrected chi connectivity index (χ0v) is 18.4. The van der Waals surface area contributed by atoms with Crippen molar-refractivity contribution in [2.24, 2.45) is 16.8 Å². The van der Waals surface area contributed by atoms with Gasteiger partial charge in [0.25, 0.3) is 0 Å². The van der Waals surface area contributed by atoms with E-state index in [1.807, 2.05) is 7.05 Å². The molecular weight excluding hydrogens is 354 g/mol. The van der Waals surface area contributed by atoms with Gasteiger partial charge in [-0.25, -0.2) is 0 Å². The molecule has 2 fully saturated rings. The highest BCUT2D eigenvalue weighted by Gasteiger charge is 2.28. The third-order valence-electron chi connectivity index (χ3n) is 6.46. The number of carbonyl (C=O) groups excluding carboxylic acids is 1. The molecule has 0 spiro atoms. The van der Waals surface area contributed by atoms with Gasteiger partial charge in [-0.15, -0.1) is 0 Å². The summed E-state index contributed by atoms with van der Waals surface area (Å²) >= 11 is 0. The van der Waals surface area contributed by atoms with Crippen molar-refractivity contribution in [3.63, 3.8) is 0 Å². The highest BCUT2D eigenvalue weighted by atomic mass is 16.5. The number of nitrogens with one attached hydrogen (secondary N) is 2. The Kier molecular flexibility index (Phi) is 10.1. The first kappa shape index (κ1) is 22.9. The Morgan fingerprint density at radius 1 is 1.14 bits per heavy atom. The van der Waals surface area contributed by atoms with Crippen LogP contribution in [-0.4, -0.2) is 87.7 Å². The van der Waals surface area contributed by atoms with Crippen molar-refractivity contribution in [1.82, 2.24) is 20.4 Å². The fraction of sp³-hybridized carbons (Fsp3) is 0.905. The standard InChI is InChI=1S/C21H41N5O2/c1-5-18(6-2)19(25-11-13-28-14-12-25)16-24-21(23-4)26-9-7-17(8-10-26)15-20(27)22-3/h17-19H,5-16H2,1-4H3,(H,22,27)(H,23,24). The summed E-state index contributed by atoms with van der Waals surface area (Å²) in [5.41, 5.74) is 0. The summed E-state index contributed by atoms with van der Waals surface area (Å²) in [7, 11) is 3.59. The second-order valence-electron chi connectivity index (χ2n) is 8.03. The predicted octanol–water partition coefficient (Wildman–Crippen LogP) is 1.55. The first-order valence-corrected chi connectivity index (χ1v) is 11.1. The number of aliphatic imine (C=N–C) groups is 1. The molecule has 0 bridgehead atoms. The minimum atomic E-state index is 0.152. The summed E-state index contributed by atoms with van der Waals surface area (Å²) < 4.78 is 5.56. The second-order valence-corrected chi connectivity index (χ2v) is 8.03. The molecule has 2 aliphatic heterocycles. The van der Waals surface area contributed by atoms with E-state index in [1.54, 1.807) is 7.05 Å². The number of rotatable bonds is 8. The van der Waals surface area contributed by atoms with Crippen LogP contribution >= 0.6 is 0 Å². The van der Waals surface area contributed by atoms with Gasteiger partial charge in [-0.05, 0) is 24.7 Å². The molecule has 0 radical (unpaired) electrons. The van der Waals surface area contributed by atoms with Crippen LogP contribution in [0.1, 0.15) is 46.0 Å². The zero-order chi connectivity index (χ0) is 20.4. The topological polar surface area (TPSA) is 69.2 Å². The molecule has 1 unspecified atom stereocenters. The van der Waals surface area contributed by atoms with Crippen LogP contribution in [0.3, 0.4) is 0 Å². The van der Waals surface area contributed by atoms with Gasteiger partial charge in [-0.1, -0.05) is 26.7 Å². The molecular formula is C21H41N5O2. The second kappa shape index (κ2) is 12.3. The third kappa shape index (κ3) is 6.62. The lowest BCUT2D eigenvalue weighted by atomic mass is 9.92. The smallest absolute Gasteiger partial charge is 0.220 e. The van der Waals surface area contributed by atoms with Gasteiger partial charge in [0.15, 0.2) is 5.96 Å². The summed E-state index contributed by atoms with van der Waals surface area (Å²) in [5.74, 6) is 2.32. The van der Waals surface area contributed by atoms with Gasteiger partial charge >= 0.3 is 0 Å². The number of hydrogen-bond donors (Lipinski definition) is 2. The van der Waals surface area contributed by atoms with Crippen molar-refractivity contribution < 1.29 is 9.53 Å². The van der Waals surface area contributed by atoms with E-state index in [0.717, 1.165) is 64.7 Å². The van der Waals surface area contributed by atoms with Gasteiger partial charge in [-0.2, -0.15) is 0 Å². The van der Waals surface area contributed by atoms with Crippen LogP contribution in [-0.2, 0) is 9.53 Å². The van der Waals surface area contributed by atoms with Crippen molar-refractivity contribution in [2.45, 2.75) is 52.0 Å². The maximum atomic E-state index is 11.6. The summed E-state index contributed by atoms with van der Waals surface area (Å²) in [6.45, 7) is 11.2. The van der Waals surface area contributed by atoms with Crippen LogP contribution in [0.25, 0.3) is 0 Å². The number of ether oxygens (including phenoxy) is 1. The van der Waals surface area contributed by atoms with E-state index in [-0.39, 0.29) is 5.91 Å². The molecule has 2 aliphatic rings. The Labute approximate surface area is 171 Å². The molecule has 162 valence electrons. The van der Waals surface area contributed by atoms with E-state index in [9.17, 15) is 4.79 Å². The number of piperidine rings is 1. The van der Waals surface area contributed by atoms with Crippen molar-refractivity contribution >= 4 is 11.9 Å². The summed E-state index contributed by atoms with van der Waals surface area (Å²) in [4.78, 5) is 21.1. The minimum Gasteiger partial charge on any atom is -0.379 e. The predicted molar refractivity (Wildman–Crippen MR) is 115 cm³/mol. The van der Waals surface area contributed by atoms with Crippen molar-refractivity contribution in [3.05, 3.63) is 0 Å². The highest BCUT2D eigenvalue weighted by Crippen LogP contribution is 2.22. The SMILES string of the molecule is CCC(CC)C(CNC(=NC)N1CCC(CC(=O)NC)CC1)N1CCOCC1. The number of likely N-dealkylation sites (tertiary alicyclic amines) is 1. The van der Waals surface area contributed by atoms with Gasteiger partial charge < -0.3 is 20.3 Å². The fourth-order valence-electron chi connectivity index (χ4n) is 4.58. The zero-order valence-electron chi connectivity index (χ0n) is 18.4. The maximum Gasteiger partial charge on any atom is 0.220 e. The van der Waals surface area contributed by atoms with Crippen molar-refractivity contribution in [2.75, 3.05) is 60.0 Å². The molecule has 0 saturated carbocycles. The number of guanidine groups is 1. The van der Waals surface area contributed by atoms with E-state index >= 15 is 0 Å². The Hall–Kier alpha value is -1.34. The molecule has 2 rings (SSSR count). The van der Waals surface area contributed by atoms with Gasteiger partial charge in [0.2, 0.25) is 5.91 Å². The minimum absolute atomic E-state index is 0.152. The first-order valence-electron chi connectivity index (χ1n) is 11.1. The van der Waals surface area contributed by atoms with E-state index < -0.39 is 0 Å². The number of carbonyl (C=O) groups is 1. The molecule has 0 aromatic heterocycles. The van der Waals surface area contributed by atoms with Crippen LogP contribution in [0.15, 0.2) is 4.99 Å². The first-order chi connectivity index (χ1) is 13.6. The molecule has 7 nitrogen and oxygen atoms in total. The Balaban J connectivity index is 1.89. The van der Waals surface area contributed by atoms with Gasteiger partial charge in [-0.3, -0.25) is 14.7 Å². The lowest BCUT2D eigenvalue weighted by molar-refractivity contribution is -0.121. The normalized spacial score (nSPS) is 21.0. The molecule has 1 atom stereocenters. The molecule has 2 heterocycles. The highest BCUT2D eigenvalue weighted by molar-refractivity contribution is 5.80. The van der Waals surface area contributed by atoms with E-state index in [1.165, 1.54) is 12.8 Å². The molecule has 1 amide bonds. The number of nitrogens with zero attached hydrogens (tertiary/aromatic N) is 3. The third-order valence-corrected chi connectivity index (χ3v) is 6.46. The molecule has 0 aliphatic carbocycles. The average Bonchev–Trinajstić information content (AvgIpc) is 2.75. The summed E-state index contributed by atoms with van der Waals surface area (Å²) in [6, 6.07) is 0.515. The number of hydrogen-bond acceptors (Lipinski definition) is 4. The lowest BCUT2D eigenvalue weighted by Gasteiger charge is -2.40. The van der Waals surface area contributed by atoms with Crippen molar-refractivity contribution in [1.29, 1.82) is 0 Å². The molecule has 0 aromatic rings. The quantitative estimate of drug-likeness (QED) is 0.482. The fourth-order valence-corrected chi connectivity index (χ4v) is 4.58. The lowest BCUT2D eigenvalue weighted by Crippen LogP contribution is -2.54. The summed E-state index contributed by atoms with van der Waals surface area (Å²) in [6.07, 6.45) is 5.14. The Bertz CT molecular complexity index is 481.